The fourth-order valence-corrected chi connectivity index (χ4v) is 2.97. The Morgan fingerprint density at radius 3 is 2.81 bits per heavy atom. The molecule has 0 unspecified atom stereocenters. The van der Waals surface area contributed by atoms with E-state index in [1.54, 1.807) is 13.8 Å². The number of anilines is 1. The quantitative estimate of drug-likeness (QED) is 0.877. The van der Waals surface area contributed by atoms with Crippen molar-refractivity contribution in [2.45, 2.75) is 31.3 Å². The van der Waals surface area contributed by atoms with E-state index in [2.05, 4.69) is 5.32 Å². The molecule has 0 spiro atoms. The first-order valence-corrected chi connectivity index (χ1v) is 7.28. The van der Waals surface area contributed by atoms with Crippen LogP contribution in [0.4, 0.5) is 5.69 Å². The van der Waals surface area contributed by atoms with E-state index in [9.17, 15) is 8.42 Å². The molecule has 0 bridgehead atoms. The van der Waals surface area contributed by atoms with Crippen LogP contribution in [0.15, 0.2) is 18.2 Å². The van der Waals surface area contributed by atoms with E-state index in [4.69, 9.17) is 0 Å². The average molecular weight is 239 g/mol. The summed E-state index contributed by atoms with van der Waals surface area (Å²) in [6, 6.07) is 5.85. The van der Waals surface area contributed by atoms with Crippen LogP contribution in [0, 0.1) is 0 Å². The molecule has 1 N–H and O–H groups in total. The van der Waals surface area contributed by atoms with Crippen molar-refractivity contribution in [3.63, 3.8) is 0 Å². The number of rotatable bonds is 3. The summed E-state index contributed by atoms with van der Waals surface area (Å²) in [5.41, 5.74) is 3.22. The van der Waals surface area contributed by atoms with Crippen molar-refractivity contribution in [1.29, 1.82) is 0 Å². The van der Waals surface area contributed by atoms with Crippen LogP contribution in [0.25, 0.3) is 0 Å². The second-order valence-corrected chi connectivity index (χ2v) is 7.03. The largest absolute Gasteiger partial charge is 0.384 e. The smallest absolute Gasteiger partial charge is 0.156 e. The molecule has 0 radical (unpaired) electrons. The number of hydrogen-bond acceptors (Lipinski definition) is 3. The van der Waals surface area contributed by atoms with E-state index >= 15 is 0 Å². The first kappa shape index (κ1) is 11.5. The van der Waals surface area contributed by atoms with E-state index in [1.807, 2.05) is 18.2 Å². The highest BCUT2D eigenvalue weighted by molar-refractivity contribution is 7.91. The van der Waals surface area contributed by atoms with Crippen LogP contribution in [0.1, 0.15) is 25.0 Å². The molecule has 0 aromatic heterocycles. The van der Waals surface area contributed by atoms with Crippen LogP contribution in [0.3, 0.4) is 0 Å². The highest BCUT2D eigenvalue weighted by atomic mass is 32.2. The maximum absolute atomic E-state index is 11.9. The Bertz CT molecular complexity index is 492. The van der Waals surface area contributed by atoms with Crippen LogP contribution in [0.5, 0.6) is 0 Å². The maximum atomic E-state index is 11.9. The number of hydrogen-bond donors (Lipinski definition) is 1. The van der Waals surface area contributed by atoms with Gasteiger partial charge in [-0.15, -0.1) is 0 Å². The van der Waals surface area contributed by atoms with E-state index in [1.165, 1.54) is 5.56 Å². The van der Waals surface area contributed by atoms with Crippen molar-refractivity contribution in [2.75, 3.05) is 11.9 Å². The molecule has 0 saturated heterocycles. The lowest BCUT2D eigenvalue weighted by Gasteiger charge is -2.10. The van der Waals surface area contributed by atoms with Gasteiger partial charge in [-0.05, 0) is 37.5 Å². The van der Waals surface area contributed by atoms with E-state index in [0.717, 1.165) is 24.2 Å². The molecular weight excluding hydrogens is 222 g/mol. The summed E-state index contributed by atoms with van der Waals surface area (Å²) in [4.78, 5) is 0. The Labute approximate surface area is 96.8 Å². The maximum Gasteiger partial charge on any atom is 0.156 e. The summed E-state index contributed by atoms with van der Waals surface area (Å²) >= 11 is 0. The molecule has 0 fully saturated rings. The normalized spacial score (nSPS) is 14.9. The summed E-state index contributed by atoms with van der Waals surface area (Å²) in [6.45, 7) is 4.38. The van der Waals surface area contributed by atoms with Crippen molar-refractivity contribution in [3.05, 3.63) is 29.3 Å². The Hall–Kier alpha value is -1.03. The zero-order valence-corrected chi connectivity index (χ0v) is 10.5. The molecular formula is C12H17NO2S. The molecule has 1 aromatic rings. The van der Waals surface area contributed by atoms with Crippen LogP contribution < -0.4 is 5.32 Å². The zero-order chi connectivity index (χ0) is 11.8. The third kappa shape index (κ3) is 2.07. The SMILES string of the molecule is CC(C)S(=O)(=O)Cc1cccc2c1CCN2. The molecule has 2 rings (SSSR count). The molecule has 0 saturated carbocycles. The second kappa shape index (κ2) is 4.09. The minimum atomic E-state index is -3.00. The lowest BCUT2D eigenvalue weighted by atomic mass is 10.1. The first-order chi connectivity index (χ1) is 7.50. The monoisotopic (exact) mass is 239 g/mol. The molecule has 88 valence electrons. The van der Waals surface area contributed by atoms with E-state index in [-0.39, 0.29) is 11.0 Å². The Balaban J connectivity index is 2.33. The van der Waals surface area contributed by atoms with Crippen molar-refractivity contribution < 1.29 is 8.42 Å². The zero-order valence-electron chi connectivity index (χ0n) is 9.66. The minimum Gasteiger partial charge on any atom is -0.384 e. The second-order valence-electron chi connectivity index (χ2n) is 4.48. The molecule has 0 aliphatic carbocycles. The number of benzene rings is 1. The fraction of sp³-hybridized carbons (Fsp3) is 0.500. The van der Waals surface area contributed by atoms with Gasteiger partial charge in [0.05, 0.1) is 11.0 Å². The van der Waals surface area contributed by atoms with Gasteiger partial charge in [0.25, 0.3) is 0 Å². The predicted molar refractivity (Wildman–Crippen MR) is 66.4 cm³/mol. The number of nitrogens with one attached hydrogen (secondary N) is 1. The molecule has 16 heavy (non-hydrogen) atoms. The van der Waals surface area contributed by atoms with Gasteiger partial charge in [0.1, 0.15) is 0 Å². The topological polar surface area (TPSA) is 46.2 Å². The molecule has 1 aromatic carbocycles. The standard InChI is InChI=1S/C12H17NO2S/c1-9(2)16(14,15)8-10-4-3-5-12-11(10)6-7-13-12/h3-5,9,13H,6-8H2,1-2H3. The average Bonchev–Trinajstić information content (AvgIpc) is 2.65. The Kier molecular flexibility index (Phi) is 2.93. The van der Waals surface area contributed by atoms with Crippen molar-refractivity contribution in [3.8, 4) is 0 Å². The van der Waals surface area contributed by atoms with Gasteiger partial charge >= 0.3 is 0 Å². The van der Waals surface area contributed by atoms with Gasteiger partial charge in [-0.2, -0.15) is 0 Å². The Morgan fingerprint density at radius 2 is 2.12 bits per heavy atom. The van der Waals surface area contributed by atoms with Crippen molar-refractivity contribution >= 4 is 15.5 Å². The summed E-state index contributed by atoms with van der Waals surface area (Å²) in [5, 5.41) is 2.95. The third-order valence-corrected chi connectivity index (χ3v) is 5.19. The van der Waals surface area contributed by atoms with E-state index in [0.29, 0.717) is 0 Å². The van der Waals surface area contributed by atoms with Gasteiger partial charge in [-0.25, -0.2) is 8.42 Å². The van der Waals surface area contributed by atoms with Gasteiger partial charge in [0.2, 0.25) is 0 Å². The molecule has 1 aliphatic heterocycles. The predicted octanol–water partition coefficient (Wildman–Crippen LogP) is 1.98. The summed E-state index contributed by atoms with van der Waals surface area (Å²) in [6.07, 6.45) is 0.930. The molecule has 3 nitrogen and oxygen atoms in total. The van der Waals surface area contributed by atoms with Crippen LogP contribution in [0.2, 0.25) is 0 Å². The Morgan fingerprint density at radius 1 is 1.38 bits per heavy atom. The fourth-order valence-electron chi connectivity index (χ4n) is 1.94. The summed E-state index contributed by atoms with van der Waals surface area (Å²) < 4.78 is 23.8. The number of sulfone groups is 1. The van der Waals surface area contributed by atoms with Gasteiger partial charge in [-0.1, -0.05) is 12.1 Å². The lowest BCUT2D eigenvalue weighted by Crippen LogP contribution is -2.16. The van der Waals surface area contributed by atoms with Gasteiger partial charge < -0.3 is 5.32 Å². The molecule has 1 aliphatic rings. The highest BCUT2D eigenvalue weighted by Crippen LogP contribution is 2.27. The summed E-state index contributed by atoms with van der Waals surface area (Å²) in [5.74, 6) is 0.162. The molecule has 0 amide bonds. The molecule has 1 heterocycles. The van der Waals surface area contributed by atoms with Crippen molar-refractivity contribution in [2.24, 2.45) is 0 Å². The van der Waals surface area contributed by atoms with Crippen LogP contribution in [-0.4, -0.2) is 20.2 Å². The highest BCUT2D eigenvalue weighted by Gasteiger charge is 2.21. The lowest BCUT2D eigenvalue weighted by molar-refractivity contribution is 0.586. The van der Waals surface area contributed by atoms with E-state index < -0.39 is 9.84 Å². The third-order valence-electron chi connectivity index (χ3n) is 3.04. The van der Waals surface area contributed by atoms with Crippen molar-refractivity contribution in [1.82, 2.24) is 0 Å². The molecule has 4 heteroatoms. The number of fused-ring (bicyclic) bond motifs is 1. The van der Waals surface area contributed by atoms with Gasteiger partial charge in [0.15, 0.2) is 9.84 Å². The minimum absolute atomic E-state index is 0.162. The van der Waals surface area contributed by atoms with Gasteiger partial charge in [-0.3, -0.25) is 0 Å². The van der Waals surface area contributed by atoms with Crippen LogP contribution in [-0.2, 0) is 22.0 Å². The van der Waals surface area contributed by atoms with Gasteiger partial charge in [0, 0.05) is 12.2 Å². The van der Waals surface area contributed by atoms with Crippen LogP contribution >= 0.6 is 0 Å². The molecule has 0 atom stereocenters. The first-order valence-electron chi connectivity index (χ1n) is 5.57. The summed E-state index contributed by atoms with van der Waals surface area (Å²) in [7, 11) is -3.00.